The molecule has 0 aliphatic rings. The Hall–Kier alpha value is -1.14. The molecular formula is C13H26N2O4. The lowest BCUT2D eigenvalue weighted by atomic mass is 9.92. The third-order valence-corrected chi connectivity index (χ3v) is 3.17. The van der Waals surface area contributed by atoms with E-state index < -0.39 is 11.5 Å². The van der Waals surface area contributed by atoms with Gasteiger partial charge in [0.2, 0.25) is 5.91 Å². The fourth-order valence-electron chi connectivity index (χ4n) is 1.68. The van der Waals surface area contributed by atoms with E-state index in [9.17, 15) is 9.59 Å². The van der Waals surface area contributed by atoms with Gasteiger partial charge >= 0.3 is 5.97 Å². The van der Waals surface area contributed by atoms with Gasteiger partial charge in [-0.1, -0.05) is 13.8 Å². The van der Waals surface area contributed by atoms with Crippen molar-refractivity contribution >= 4 is 11.9 Å². The zero-order chi connectivity index (χ0) is 14.9. The second kappa shape index (κ2) is 8.87. The molecule has 0 rings (SSSR count). The fourth-order valence-corrected chi connectivity index (χ4v) is 1.68. The fraction of sp³-hybridized carbons (Fsp3) is 0.846. The van der Waals surface area contributed by atoms with Crippen molar-refractivity contribution in [3.05, 3.63) is 0 Å². The van der Waals surface area contributed by atoms with Crippen LogP contribution in [0.1, 0.15) is 33.6 Å². The molecule has 0 aliphatic carbocycles. The number of nitrogens with two attached hydrogens (primary N) is 1. The summed E-state index contributed by atoms with van der Waals surface area (Å²) in [5.74, 6) is -0.663. The number of methoxy groups -OCH3 is 1. The molecule has 112 valence electrons. The maximum atomic E-state index is 12.4. The highest BCUT2D eigenvalue weighted by Gasteiger charge is 2.34. The van der Waals surface area contributed by atoms with Crippen molar-refractivity contribution in [2.24, 2.45) is 5.73 Å². The Labute approximate surface area is 115 Å². The topological polar surface area (TPSA) is 81.9 Å². The first-order valence-electron chi connectivity index (χ1n) is 6.67. The second-order valence-corrected chi connectivity index (χ2v) is 4.39. The summed E-state index contributed by atoms with van der Waals surface area (Å²) in [6.45, 7) is 6.34. The molecule has 0 aromatic rings. The summed E-state index contributed by atoms with van der Waals surface area (Å²) in [6, 6.07) is 0. The van der Waals surface area contributed by atoms with E-state index in [-0.39, 0.29) is 12.5 Å². The average Bonchev–Trinajstić information content (AvgIpc) is 2.42. The lowest BCUT2D eigenvalue weighted by Gasteiger charge is -2.32. The highest BCUT2D eigenvalue weighted by atomic mass is 16.5. The molecular weight excluding hydrogens is 248 g/mol. The number of carbonyl (C=O) groups is 2. The van der Waals surface area contributed by atoms with Gasteiger partial charge < -0.3 is 20.1 Å². The van der Waals surface area contributed by atoms with E-state index in [0.717, 1.165) is 0 Å². The van der Waals surface area contributed by atoms with Crippen molar-refractivity contribution in [2.75, 3.05) is 33.4 Å². The molecule has 0 spiro atoms. The summed E-state index contributed by atoms with van der Waals surface area (Å²) in [5.41, 5.74) is 5.15. The number of esters is 1. The Morgan fingerprint density at radius 3 is 2.21 bits per heavy atom. The number of hydrogen-bond acceptors (Lipinski definition) is 5. The standard InChI is InChI=1S/C13H26N2O4/c1-5-13(14,6-2)12(17)15(8-9-18-4)10-11(16)19-7-3/h5-10,14H2,1-4H3. The van der Waals surface area contributed by atoms with Crippen molar-refractivity contribution in [3.8, 4) is 0 Å². The van der Waals surface area contributed by atoms with Crippen LogP contribution in [-0.2, 0) is 19.1 Å². The van der Waals surface area contributed by atoms with E-state index in [1.54, 1.807) is 14.0 Å². The van der Waals surface area contributed by atoms with Crippen LogP contribution in [0.15, 0.2) is 0 Å². The summed E-state index contributed by atoms with van der Waals surface area (Å²) >= 11 is 0. The molecule has 0 fully saturated rings. The lowest BCUT2D eigenvalue weighted by Crippen LogP contribution is -2.56. The van der Waals surface area contributed by atoms with Gasteiger partial charge in [0.25, 0.3) is 0 Å². The Balaban J connectivity index is 4.82. The number of hydrogen-bond donors (Lipinski definition) is 1. The monoisotopic (exact) mass is 274 g/mol. The van der Waals surface area contributed by atoms with E-state index in [1.807, 2.05) is 13.8 Å². The molecule has 0 aromatic heterocycles. The van der Waals surface area contributed by atoms with Crippen molar-refractivity contribution in [3.63, 3.8) is 0 Å². The number of nitrogens with zero attached hydrogens (tertiary/aromatic N) is 1. The zero-order valence-electron chi connectivity index (χ0n) is 12.4. The van der Waals surface area contributed by atoms with Gasteiger partial charge in [0.15, 0.2) is 0 Å². The predicted molar refractivity (Wildman–Crippen MR) is 72.6 cm³/mol. The molecule has 19 heavy (non-hydrogen) atoms. The quantitative estimate of drug-likeness (QED) is 0.621. The van der Waals surface area contributed by atoms with Gasteiger partial charge in [-0.2, -0.15) is 0 Å². The van der Waals surface area contributed by atoms with E-state index in [4.69, 9.17) is 15.2 Å². The van der Waals surface area contributed by atoms with Crippen molar-refractivity contribution < 1.29 is 19.1 Å². The minimum atomic E-state index is -0.930. The van der Waals surface area contributed by atoms with Crippen LogP contribution < -0.4 is 5.73 Å². The molecule has 0 heterocycles. The van der Waals surface area contributed by atoms with Gasteiger partial charge in [-0.05, 0) is 19.8 Å². The number of amides is 1. The first kappa shape index (κ1) is 17.9. The Kier molecular flexibility index (Phi) is 8.34. The molecule has 0 aliphatic heterocycles. The number of rotatable bonds is 9. The summed E-state index contributed by atoms with van der Waals surface area (Å²) in [6.07, 6.45) is 1.04. The summed E-state index contributed by atoms with van der Waals surface area (Å²) < 4.78 is 9.83. The van der Waals surface area contributed by atoms with Gasteiger partial charge in [0.05, 0.1) is 18.8 Å². The number of ether oxygens (including phenoxy) is 2. The van der Waals surface area contributed by atoms with E-state index in [0.29, 0.717) is 32.6 Å². The summed E-state index contributed by atoms with van der Waals surface area (Å²) in [7, 11) is 1.54. The van der Waals surface area contributed by atoms with Crippen LogP contribution in [0.3, 0.4) is 0 Å². The van der Waals surface area contributed by atoms with Crippen LogP contribution in [-0.4, -0.2) is 55.7 Å². The Morgan fingerprint density at radius 1 is 1.21 bits per heavy atom. The highest BCUT2D eigenvalue weighted by Crippen LogP contribution is 2.15. The van der Waals surface area contributed by atoms with Crippen LogP contribution in [0.4, 0.5) is 0 Å². The normalized spacial score (nSPS) is 11.2. The molecule has 1 amide bonds. The molecule has 0 aromatic carbocycles. The highest BCUT2D eigenvalue weighted by molar-refractivity contribution is 5.89. The van der Waals surface area contributed by atoms with Crippen LogP contribution in [0.25, 0.3) is 0 Å². The molecule has 0 saturated carbocycles. The van der Waals surface area contributed by atoms with Gasteiger partial charge in [-0.15, -0.1) is 0 Å². The molecule has 2 N–H and O–H groups in total. The van der Waals surface area contributed by atoms with Gasteiger partial charge in [0.1, 0.15) is 6.54 Å². The first-order chi connectivity index (χ1) is 8.95. The molecule has 0 saturated heterocycles. The molecule has 6 heteroatoms. The summed E-state index contributed by atoms with van der Waals surface area (Å²) in [4.78, 5) is 25.3. The van der Waals surface area contributed by atoms with E-state index in [1.165, 1.54) is 4.90 Å². The molecule has 0 bridgehead atoms. The van der Waals surface area contributed by atoms with Gasteiger partial charge in [-0.25, -0.2) is 0 Å². The molecule has 0 unspecified atom stereocenters. The molecule has 6 nitrogen and oxygen atoms in total. The van der Waals surface area contributed by atoms with Crippen molar-refractivity contribution in [2.45, 2.75) is 39.2 Å². The maximum absolute atomic E-state index is 12.4. The molecule has 0 radical (unpaired) electrons. The second-order valence-electron chi connectivity index (χ2n) is 4.39. The maximum Gasteiger partial charge on any atom is 0.325 e. The third-order valence-electron chi connectivity index (χ3n) is 3.17. The summed E-state index contributed by atoms with van der Waals surface area (Å²) in [5, 5.41) is 0. The lowest BCUT2D eigenvalue weighted by molar-refractivity contribution is -0.151. The van der Waals surface area contributed by atoms with E-state index in [2.05, 4.69) is 0 Å². The average molecular weight is 274 g/mol. The van der Waals surface area contributed by atoms with Crippen LogP contribution in [0, 0.1) is 0 Å². The van der Waals surface area contributed by atoms with E-state index >= 15 is 0 Å². The third kappa shape index (κ3) is 5.57. The minimum Gasteiger partial charge on any atom is -0.465 e. The smallest absolute Gasteiger partial charge is 0.325 e. The van der Waals surface area contributed by atoms with Crippen molar-refractivity contribution in [1.82, 2.24) is 4.90 Å². The Morgan fingerprint density at radius 2 is 1.79 bits per heavy atom. The van der Waals surface area contributed by atoms with Crippen LogP contribution >= 0.6 is 0 Å². The zero-order valence-corrected chi connectivity index (χ0v) is 12.4. The largest absolute Gasteiger partial charge is 0.465 e. The number of carbonyl (C=O) groups excluding carboxylic acids is 2. The van der Waals surface area contributed by atoms with Crippen molar-refractivity contribution in [1.29, 1.82) is 0 Å². The first-order valence-corrected chi connectivity index (χ1v) is 6.67. The minimum absolute atomic E-state index is 0.0883. The van der Waals surface area contributed by atoms with Crippen LogP contribution in [0.2, 0.25) is 0 Å². The van der Waals surface area contributed by atoms with Gasteiger partial charge in [0, 0.05) is 13.7 Å². The van der Waals surface area contributed by atoms with Crippen LogP contribution in [0.5, 0.6) is 0 Å². The SMILES string of the molecule is CCOC(=O)CN(CCOC)C(=O)C(N)(CC)CC. The van der Waals surface area contributed by atoms with Gasteiger partial charge in [-0.3, -0.25) is 9.59 Å². The Bertz CT molecular complexity index is 290. The predicted octanol–water partition coefficient (Wildman–Crippen LogP) is 0.542. The molecule has 0 atom stereocenters.